The van der Waals surface area contributed by atoms with E-state index in [0.717, 1.165) is 43.9 Å². The van der Waals surface area contributed by atoms with Crippen LogP contribution in [0.1, 0.15) is 61.9 Å². The number of hydrogen-bond donors (Lipinski definition) is 0. The molecule has 0 aliphatic heterocycles. The van der Waals surface area contributed by atoms with Crippen molar-refractivity contribution in [2.75, 3.05) is 0 Å². The Balaban J connectivity index is 1.79. The first-order valence-corrected chi connectivity index (χ1v) is 9.72. The molecule has 4 saturated carbocycles. The van der Waals surface area contributed by atoms with Crippen LogP contribution in [0.3, 0.4) is 0 Å². The van der Waals surface area contributed by atoms with E-state index in [1.54, 1.807) is 0 Å². The van der Waals surface area contributed by atoms with Crippen molar-refractivity contribution in [2.45, 2.75) is 57.7 Å². The van der Waals surface area contributed by atoms with Gasteiger partial charge in [0.1, 0.15) is 11.4 Å². The normalized spacial score (nSPS) is 34.9. The smallest absolute Gasteiger partial charge is 0.419 e. The Morgan fingerprint density at radius 2 is 1.67 bits per heavy atom. The van der Waals surface area contributed by atoms with Gasteiger partial charge in [0.05, 0.1) is 11.5 Å². The maximum Gasteiger partial charge on any atom is 0.419 e. The third-order valence-electron chi connectivity index (χ3n) is 7.13. The Kier molecular flexibility index (Phi) is 4.24. The van der Waals surface area contributed by atoms with Gasteiger partial charge >= 0.3 is 6.18 Å². The van der Waals surface area contributed by atoms with Crippen molar-refractivity contribution in [1.82, 2.24) is 0 Å². The van der Waals surface area contributed by atoms with Crippen molar-refractivity contribution in [3.05, 3.63) is 29.3 Å². The predicted octanol–water partition coefficient (Wildman–Crippen LogP) is 4.30. The van der Waals surface area contributed by atoms with Crippen molar-refractivity contribution < 1.29 is 27.8 Å². The average molecular weight is 381 g/mol. The Bertz CT molecular complexity index is 726. The summed E-state index contributed by atoms with van der Waals surface area (Å²) in [6.07, 6.45) is 0.595. The van der Waals surface area contributed by atoms with Crippen LogP contribution in [-0.4, -0.2) is 11.6 Å². The fourth-order valence-corrected chi connectivity index (χ4v) is 6.31. The molecular weight excluding hydrogens is 357 g/mol. The Hall–Kier alpha value is -1.72. The molecule has 0 atom stereocenters. The molecule has 0 heterocycles. The molecule has 3 nitrogen and oxygen atoms in total. The highest BCUT2D eigenvalue weighted by atomic mass is 19.4. The first kappa shape index (κ1) is 18.6. The van der Waals surface area contributed by atoms with Crippen LogP contribution in [0.2, 0.25) is 0 Å². The molecule has 148 valence electrons. The van der Waals surface area contributed by atoms with Crippen molar-refractivity contribution in [2.24, 2.45) is 29.6 Å². The van der Waals surface area contributed by atoms with E-state index in [-0.39, 0.29) is 29.1 Å². The molecule has 27 heavy (non-hydrogen) atoms. The summed E-state index contributed by atoms with van der Waals surface area (Å²) in [4.78, 5) is 11.2. The Labute approximate surface area is 156 Å². The lowest BCUT2D eigenvalue weighted by atomic mass is 9.47. The zero-order valence-electron chi connectivity index (χ0n) is 15.5. The number of benzene rings is 1. The number of carboxylic acid groups (broad SMARTS) is 1. The van der Waals surface area contributed by atoms with Crippen LogP contribution in [-0.2, 0) is 6.18 Å². The number of rotatable bonds is 4. The van der Waals surface area contributed by atoms with E-state index in [1.807, 2.05) is 13.8 Å². The average Bonchev–Trinajstić information content (AvgIpc) is 2.56. The predicted molar refractivity (Wildman–Crippen MR) is 91.0 cm³/mol. The minimum atomic E-state index is -4.61. The van der Waals surface area contributed by atoms with Crippen molar-refractivity contribution in [1.29, 1.82) is 0 Å². The van der Waals surface area contributed by atoms with Gasteiger partial charge in [0.25, 0.3) is 0 Å². The van der Waals surface area contributed by atoms with Crippen LogP contribution in [0, 0.1) is 29.6 Å². The lowest BCUT2D eigenvalue weighted by Crippen LogP contribution is -2.63. The molecule has 4 fully saturated rings. The number of halogens is 3. The highest BCUT2D eigenvalue weighted by Crippen LogP contribution is 2.62. The van der Waals surface area contributed by atoms with Crippen molar-refractivity contribution >= 4 is 5.97 Å². The van der Waals surface area contributed by atoms with Gasteiger partial charge in [-0.25, -0.2) is 0 Å². The summed E-state index contributed by atoms with van der Waals surface area (Å²) in [5.74, 6) is -0.0788. The fraction of sp³-hybridized carbons (Fsp3) is 0.667. The topological polar surface area (TPSA) is 49.4 Å². The van der Waals surface area contributed by atoms with Crippen LogP contribution >= 0.6 is 0 Å². The third kappa shape index (κ3) is 2.92. The largest absolute Gasteiger partial charge is 0.545 e. The van der Waals surface area contributed by atoms with Crippen LogP contribution in [0.4, 0.5) is 13.2 Å². The van der Waals surface area contributed by atoms with E-state index in [9.17, 15) is 23.1 Å². The standard InChI is InChI=1S/C21H25F3O3/c1-11(2)20(15-6-12-5-13(8-15)9-16(20)7-12)27-18-10-14(19(25)26)3-4-17(18)21(22,23)24/h3-4,10-13,15-16H,5-9H2,1-2H3,(H,25,26)/p-1. The van der Waals surface area contributed by atoms with E-state index in [2.05, 4.69) is 0 Å². The number of carbonyl (C=O) groups is 1. The van der Waals surface area contributed by atoms with Gasteiger partial charge in [-0.2, -0.15) is 13.2 Å². The highest BCUT2D eigenvalue weighted by molar-refractivity contribution is 5.86. The molecule has 1 aromatic carbocycles. The summed E-state index contributed by atoms with van der Waals surface area (Å²) in [6, 6.07) is 2.72. The number of carbonyl (C=O) groups excluding carboxylic acids is 1. The van der Waals surface area contributed by atoms with Crippen LogP contribution in [0.15, 0.2) is 18.2 Å². The molecule has 4 bridgehead atoms. The van der Waals surface area contributed by atoms with Gasteiger partial charge in [-0.15, -0.1) is 0 Å². The minimum absolute atomic E-state index is 0.0418. The van der Waals surface area contributed by atoms with Gasteiger partial charge < -0.3 is 14.6 Å². The van der Waals surface area contributed by atoms with Crippen LogP contribution in [0.25, 0.3) is 0 Å². The number of ether oxygens (including phenoxy) is 1. The SMILES string of the molecule is CC(C)C1(Oc2cc(C(=O)[O-])ccc2C(F)(F)F)C2CC3CC(C2)CC1C3. The molecular formula is C21H24F3O3-. The number of carboxylic acids is 1. The van der Waals surface area contributed by atoms with E-state index < -0.39 is 23.3 Å². The lowest BCUT2D eigenvalue weighted by Gasteiger charge is -2.62. The fourth-order valence-electron chi connectivity index (χ4n) is 6.31. The first-order valence-electron chi connectivity index (χ1n) is 9.72. The summed E-state index contributed by atoms with van der Waals surface area (Å²) in [7, 11) is 0. The molecule has 0 amide bonds. The second-order valence-electron chi connectivity index (χ2n) is 8.91. The molecule has 0 spiro atoms. The molecule has 0 aromatic heterocycles. The molecule has 5 rings (SSSR count). The summed E-state index contributed by atoms with van der Waals surface area (Å²) in [5, 5.41) is 11.2. The van der Waals surface area contributed by atoms with E-state index in [1.165, 1.54) is 6.42 Å². The number of hydrogen-bond acceptors (Lipinski definition) is 3. The third-order valence-corrected chi connectivity index (χ3v) is 7.13. The monoisotopic (exact) mass is 381 g/mol. The zero-order valence-corrected chi connectivity index (χ0v) is 15.5. The first-order chi connectivity index (χ1) is 12.6. The van der Waals surface area contributed by atoms with Crippen molar-refractivity contribution in [3.63, 3.8) is 0 Å². The van der Waals surface area contributed by atoms with Gasteiger partial charge in [0.15, 0.2) is 0 Å². The summed E-state index contributed by atoms with van der Waals surface area (Å²) < 4.78 is 47.0. The van der Waals surface area contributed by atoms with Gasteiger partial charge in [0, 0.05) is 5.56 Å². The summed E-state index contributed by atoms with van der Waals surface area (Å²) in [6.45, 7) is 4.02. The Morgan fingerprint density at radius 3 is 2.11 bits per heavy atom. The van der Waals surface area contributed by atoms with Crippen LogP contribution in [0.5, 0.6) is 5.75 Å². The second kappa shape index (κ2) is 6.14. The molecule has 1 aromatic rings. The summed E-state index contributed by atoms with van der Waals surface area (Å²) >= 11 is 0. The van der Waals surface area contributed by atoms with Gasteiger partial charge in [-0.1, -0.05) is 19.9 Å². The number of aromatic carboxylic acids is 1. The molecule has 4 aliphatic carbocycles. The summed E-state index contributed by atoms with van der Waals surface area (Å²) in [5.41, 5.74) is -1.88. The highest BCUT2D eigenvalue weighted by Gasteiger charge is 2.60. The molecule has 0 saturated heterocycles. The zero-order chi connectivity index (χ0) is 19.6. The van der Waals surface area contributed by atoms with Gasteiger partial charge in [-0.05, 0) is 73.8 Å². The maximum absolute atomic E-state index is 13.6. The molecule has 0 unspecified atom stereocenters. The second-order valence-corrected chi connectivity index (χ2v) is 8.91. The lowest BCUT2D eigenvalue weighted by molar-refractivity contribution is -0.255. The van der Waals surface area contributed by atoms with E-state index >= 15 is 0 Å². The van der Waals surface area contributed by atoms with Gasteiger partial charge in [0.2, 0.25) is 0 Å². The molecule has 4 aliphatic rings. The maximum atomic E-state index is 13.6. The molecule has 0 N–H and O–H groups in total. The molecule has 6 heteroatoms. The quantitative estimate of drug-likeness (QED) is 0.781. The van der Waals surface area contributed by atoms with Crippen molar-refractivity contribution in [3.8, 4) is 5.75 Å². The van der Waals surface area contributed by atoms with E-state index in [0.29, 0.717) is 11.8 Å². The van der Waals surface area contributed by atoms with Gasteiger partial charge in [-0.3, -0.25) is 0 Å². The van der Waals surface area contributed by atoms with Crippen LogP contribution < -0.4 is 9.84 Å². The molecule has 0 radical (unpaired) electrons. The number of alkyl halides is 3. The Morgan fingerprint density at radius 1 is 1.11 bits per heavy atom. The minimum Gasteiger partial charge on any atom is -0.545 e. The van der Waals surface area contributed by atoms with E-state index in [4.69, 9.17) is 4.74 Å².